The van der Waals surface area contributed by atoms with Crippen molar-refractivity contribution in [3.05, 3.63) is 101 Å². The van der Waals surface area contributed by atoms with Gasteiger partial charge in [0.1, 0.15) is 25.4 Å². The molecular weight excluding hydrogens is 413 g/mol. The Labute approximate surface area is 192 Å². The second kappa shape index (κ2) is 12.0. The molecule has 0 aromatic heterocycles. The summed E-state index contributed by atoms with van der Waals surface area (Å²) < 4.78 is 7.32. The standard InChI is InChI=1S/C26H31ClNO.ClH/c1-3-28(4-2,21-23-10-6-5-7-11-23)18-19-29-26-13-9-8-12-24(26)20-22-14-16-25(27)17-15-22;/h5-17H,3-4,18-21H2,1-2H3;1H/q+1;/p-1. The molecule has 0 bridgehead atoms. The van der Waals surface area contributed by atoms with E-state index in [0.717, 1.165) is 47.9 Å². The Bertz CT molecular complexity index is 877. The summed E-state index contributed by atoms with van der Waals surface area (Å²) in [5.41, 5.74) is 3.84. The number of halogens is 2. The van der Waals surface area contributed by atoms with Crippen molar-refractivity contribution in [2.24, 2.45) is 0 Å². The van der Waals surface area contributed by atoms with Gasteiger partial charge in [0.15, 0.2) is 0 Å². The first-order chi connectivity index (χ1) is 14.1. The Balaban J connectivity index is 0.00000320. The summed E-state index contributed by atoms with van der Waals surface area (Å²) in [4.78, 5) is 0. The van der Waals surface area contributed by atoms with Crippen molar-refractivity contribution >= 4 is 11.6 Å². The number of para-hydroxylation sites is 1. The number of hydrogen-bond acceptors (Lipinski definition) is 1. The van der Waals surface area contributed by atoms with Gasteiger partial charge in [0.2, 0.25) is 0 Å². The Hall–Kier alpha value is -2.00. The molecule has 0 unspecified atom stereocenters. The Morgan fingerprint density at radius 3 is 2.07 bits per heavy atom. The second-order valence-electron chi connectivity index (χ2n) is 7.60. The van der Waals surface area contributed by atoms with Crippen LogP contribution in [0.3, 0.4) is 0 Å². The fourth-order valence-electron chi connectivity index (χ4n) is 3.78. The quantitative estimate of drug-likeness (QED) is 0.436. The van der Waals surface area contributed by atoms with Crippen LogP contribution in [0.4, 0.5) is 0 Å². The van der Waals surface area contributed by atoms with Gasteiger partial charge in [-0.15, -0.1) is 0 Å². The molecule has 0 N–H and O–H groups in total. The number of ether oxygens (including phenoxy) is 1. The molecule has 4 heteroatoms. The van der Waals surface area contributed by atoms with Crippen LogP contribution >= 0.6 is 11.6 Å². The van der Waals surface area contributed by atoms with Gasteiger partial charge in [0, 0.05) is 17.0 Å². The predicted octanol–water partition coefficient (Wildman–Crippen LogP) is 3.37. The summed E-state index contributed by atoms with van der Waals surface area (Å²) >= 11 is 6.02. The van der Waals surface area contributed by atoms with Gasteiger partial charge >= 0.3 is 0 Å². The van der Waals surface area contributed by atoms with Gasteiger partial charge in [-0.2, -0.15) is 0 Å². The number of nitrogens with zero attached hydrogens (tertiary/aromatic N) is 1. The molecule has 0 fully saturated rings. The average Bonchev–Trinajstić information content (AvgIpc) is 2.76. The average molecular weight is 444 g/mol. The van der Waals surface area contributed by atoms with E-state index in [9.17, 15) is 0 Å². The highest BCUT2D eigenvalue weighted by Gasteiger charge is 2.23. The highest BCUT2D eigenvalue weighted by molar-refractivity contribution is 6.30. The Kier molecular flexibility index (Phi) is 9.71. The molecule has 30 heavy (non-hydrogen) atoms. The van der Waals surface area contributed by atoms with Crippen molar-refractivity contribution in [2.75, 3.05) is 26.2 Å². The van der Waals surface area contributed by atoms with E-state index in [4.69, 9.17) is 16.3 Å². The summed E-state index contributed by atoms with van der Waals surface area (Å²) in [5.74, 6) is 0.979. The molecule has 0 heterocycles. The topological polar surface area (TPSA) is 9.23 Å². The van der Waals surface area contributed by atoms with E-state index in [-0.39, 0.29) is 12.4 Å². The van der Waals surface area contributed by atoms with Crippen LogP contribution in [0, 0.1) is 0 Å². The van der Waals surface area contributed by atoms with Crippen LogP contribution in [0.25, 0.3) is 0 Å². The first-order valence-electron chi connectivity index (χ1n) is 10.5. The van der Waals surface area contributed by atoms with Crippen LogP contribution < -0.4 is 17.1 Å². The first-order valence-corrected chi connectivity index (χ1v) is 10.9. The van der Waals surface area contributed by atoms with Gasteiger partial charge in [-0.3, -0.25) is 0 Å². The minimum atomic E-state index is 0. The zero-order valence-electron chi connectivity index (χ0n) is 17.9. The minimum absolute atomic E-state index is 0. The third-order valence-electron chi connectivity index (χ3n) is 5.81. The van der Waals surface area contributed by atoms with E-state index in [1.165, 1.54) is 16.7 Å². The maximum absolute atomic E-state index is 6.29. The number of likely N-dealkylation sites (N-methyl/N-ethyl adjacent to an activating group) is 1. The summed E-state index contributed by atoms with van der Waals surface area (Å²) in [7, 11) is 0. The van der Waals surface area contributed by atoms with E-state index in [2.05, 4.69) is 74.5 Å². The zero-order valence-corrected chi connectivity index (χ0v) is 19.4. The smallest absolute Gasteiger partial charge is 0.137 e. The molecule has 0 spiro atoms. The van der Waals surface area contributed by atoms with Crippen molar-refractivity contribution in [1.29, 1.82) is 0 Å². The van der Waals surface area contributed by atoms with Crippen LogP contribution in [-0.4, -0.2) is 30.7 Å². The van der Waals surface area contributed by atoms with Crippen molar-refractivity contribution in [3.8, 4) is 5.75 Å². The van der Waals surface area contributed by atoms with Crippen LogP contribution in [0.2, 0.25) is 5.02 Å². The highest BCUT2D eigenvalue weighted by atomic mass is 35.5. The van der Waals surface area contributed by atoms with Crippen LogP contribution in [0.1, 0.15) is 30.5 Å². The predicted molar refractivity (Wildman–Crippen MR) is 123 cm³/mol. The fourth-order valence-corrected chi connectivity index (χ4v) is 3.90. The van der Waals surface area contributed by atoms with E-state index >= 15 is 0 Å². The summed E-state index contributed by atoms with van der Waals surface area (Å²) in [6, 6.07) is 27.2. The molecule has 0 amide bonds. The normalized spacial score (nSPS) is 11.0. The lowest BCUT2D eigenvalue weighted by Gasteiger charge is -2.37. The molecule has 0 radical (unpaired) electrons. The Morgan fingerprint density at radius 2 is 1.40 bits per heavy atom. The lowest BCUT2D eigenvalue weighted by atomic mass is 10.0. The molecule has 0 aliphatic heterocycles. The van der Waals surface area contributed by atoms with Crippen molar-refractivity contribution in [3.63, 3.8) is 0 Å². The summed E-state index contributed by atoms with van der Waals surface area (Å²) in [5, 5.41) is 0.768. The number of quaternary nitrogens is 1. The monoisotopic (exact) mass is 443 g/mol. The van der Waals surface area contributed by atoms with Gasteiger partial charge in [-0.1, -0.05) is 72.3 Å². The van der Waals surface area contributed by atoms with Gasteiger partial charge in [0.25, 0.3) is 0 Å². The van der Waals surface area contributed by atoms with Crippen molar-refractivity contribution in [2.45, 2.75) is 26.8 Å². The number of hydrogen-bond donors (Lipinski definition) is 0. The molecule has 0 aliphatic carbocycles. The van der Waals surface area contributed by atoms with Gasteiger partial charge < -0.3 is 21.6 Å². The SMILES string of the molecule is CC[N+](CC)(CCOc1ccccc1Cc1ccc(Cl)cc1)Cc1ccccc1.[Cl-]. The number of benzene rings is 3. The van der Waals surface area contributed by atoms with Crippen LogP contribution in [0.5, 0.6) is 5.75 Å². The maximum atomic E-state index is 6.29. The van der Waals surface area contributed by atoms with Gasteiger partial charge in [-0.25, -0.2) is 0 Å². The largest absolute Gasteiger partial charge is 1.00 e. The molecule has 3 rings (SSSR count). The zero-order chi connectivity index (χ0) is 20.5. The molecule has 3 aromatic rings. The van der Waals surface area contributed by atoms with Crippen molar-refractivity contribution in [1.82, 2.24) is 0 Å². The number of rotatable bonds is 10. The van der Waals surface area contributed by atoms with E-state index in [1.54, 1.807) is 0 Å². The molecular formula is C26H31Cl2NO. The maximum Gasteiger partial charge on any atom is 0.137 e. The van der Waals surface area contributed by atoms with Gasteiger partial charge in [-0.05, 0) is 43.2 Å². The molecule has 2 nitrogen and oxygen atoms in total. The van der Waals surface area contributed by atoms with Crippen LogP contribution in [-0.2, 0) is 13.0 Å². The summed E-state index contributed by atoms with van der Waals surface area (Å²) in [6.07, 6.45) is 0.846. The van der Waals surface area contributed by atoms with Crippen molar-refractivity contribution < 1.29 is 21.6 Å². The second-order valence-corrected chi connectivity index (χ2v) is 8.04. The molecule has 160 valence electrons. The molecule has 0 aliphatic rings. The summed E-state index contributed by atoms with van der Waals surface area (Å²) in [6.45, 7) is 9.51. The third-order valence-corrected chi connectivity index (χ3v) is 6.06. The third kappa shape index (κ3) is 6.77. The fraction of sp³-hybridized carbons (Fsp3) is 0.308. The minimum Gasteiger partial charge on any atom is -1.00 e. The van der Waals surface area contributed by atoms with Crippen LogP contribution in [0.15, 0.2) is 78.9 Å². The molecule has 0 saturated carbocycles. The Morgan fingerprint density at radius 1 is 0.767 bits per heavy atom. The van der Waals surface area contributed by atoms with E-state index in [0.29, 0.717) is 6.61 Å². The van der Waals surface area contributed by atoms with E-state index < -0.39 is 0 Å². The molecule has 0 atom stereocenters. The molecule has 3 aromatic carbocycles. The van der Waals surface area contributed by atoms with E-state index in [1.807, 2.05) is 18.2 Å². The molecule has 0 saturated heterocycles. The highest BCUT2D eigenvalue weighted by Crippen LogP contribution is 2.23. The lowest BCUT2D eigenvalue weighted by molar-refractivity contribution is -0.937. The van der Waals surface area contributed by atoms with Gasteiger partial charge in [0.05, 0.1) is 13.1 Å². The first kappa shape index (κ1) is 24.3. The lowest BCUT2D eigenvalue weighted by Crippen LogP contribution is -3.00.